The smallest absolute Gasteiger partial charge is 0.320 e. The van der Waals surface area contributed by atoms with Gasteiger partial charge in [0.15, 0.2) is 0 Å². The highest BCUT2D eigenvalue weighted by atomic mass is 79.9. The minimum absolute atomic E-state index is 0.231. The quantitative estimate of drug-likeness (QED) is 0.415. The molecule has 17 heavy (non-hydrogen) atoms. The standard InChI is InChI=1S/C11H21BrN2O3/c1-16-11(15)10(12)9-13-3-2-4-14-5-7-17-8-6-14/h10,13H,2-9H2,1H3. The minimum Gasteiger partial charge on any atom is -0.468 e. The van der Waals surface area contributed by atoms with Crippen LogP contribution >= 0.6 is 15.9 Å². The van der Waals surface area contributed by atoms with E-state index in [0.29, 0.717) is 6.54 Å². The third-order valence-electron chi connectivity index (χ3n) is 2.71. The van der Waals surface area contributed by atoms with Gasteiger partial charge in [0, 0.05) is 19.6 Å². The van der Waals surface area contributed by atoms with Gasteiger partial charge in [-0.05, 0) is 19.5 Å². The summed E-state index contributed by atoms with van der Waals surface area (Å²) >= 11 is 3.27. The van der Waals surface area contributed by atoms with Gasteiger partial charge in [0.2, 0.25) is 0 Å². The first-order chi connectivity index (χ1) is 8.24. The van der Waals surface area contributed by atoms with Crippen molar-refractivity contribution in [1.29, 1.82) is 0 Å². The van der Waals surface area contributed by atoms with Crippen LogP contribution in [-0.4, -0.2) is 68.7 Å². The van der Waals surface area contributed by atoms with Crippen molar-refractivity contribution in [3.8, 4) is 0 Å². The number of carbonyl (C=O) groups excluding carboxylic acids is 1. The summed E-state index contributed by atoms with van der Waals surface area (Å²) in [5, 5.41) is 3.23. The Kier molecular flexibility index (Phi) is 7.75. The topological polar surface area (TPSA) is 50.8 Å². The van der Waals surface area contributed by atoms with E-state index < -0.39 is 0 Å². The fourth-order valence-electron chi connectivity index (χ4n) is 1.69. The number of rotatable bonds is 7. The lowest BCUT2D eigenvalue weighted by Gasteiger charge is -2.26. The Bertz CT molecular complexity index is 223. The highest BCUT2D eigenvalue weighted by Gasteiger charge is 2.14. The Balaban J connectivity index is 1.95. The van der Waals surface area contributed by atoms with E-state index >= 15 is 0 Å². The molecule has 1 aliphatic rings. The molecule has 1 atom stereocenters. The molecule has 1 aliphatic heterocycles. The number of nitrogens with zero attached hydrogens (tertiary/aromatic N) is 1. The summed E-state index contributed by atoms with van der Waals surface area (Å²) in [7, 11) is 1.40. The summed E-state index contributed by atoms with van der Waals surface area (Å²) in [5.74, 6) is -0.231. The lowest BCUT2D eigenvalue weighted by atomic mass is 10.3. The Hall–Kier alpha value is -0.170. The van der Waals surface area contributed by atoms with E-state index in [0.717, 1.165) is 45.8 Å². The van der Waals surface area contributed by atoms with E-state index in [4.69, 9.17) is 4.74 Å². The molecule has 0 amide bonds. The van der Waals surface area contributed by atoms with Gasteiger partial charge < -0.3 is 14.8 Å². The van der Waals surface area contributed by atoms with E-state index in [1.807, 2.05) is 0 Å². The molecule has 0 bridgehead atoms. The van der Waals surface area contributed by atoms with Crippen LogP contribution in [-0.2, 0) is 14.3 Å². The van der Waals surface area contributed by atoms with Crippen molar-refractivity contribution in [3.05, 3.63) is 0 Å². The molecule has 0 saturated carbocycles. The van der Waals surface area contributed by atoms with E-state index in [2.05, 4.69) is 30.9 Å². The molecule has 0 aromatic rings. The van der Waals surface area contributed by atoms with Crippen LogP contribution < -0.4 is 5.32 Å². The normalized spacial score (nSPS) is 18.9. The Morgan fingerprint density at radius 2 is 2.24 bits per heavy atom. The zero-order valence-electron chi connectivity index (χ0n) is 10.3. The van der Waals surface area contributed by atoms with Crippen molar-refractivity contribution in [2.75, 3.05) is 53.0 Å². The second-order valence-electron chi connectivity index (χ2n) is 4.00. The number of carbonyl (C=O) groups is 1. The number of methoxy groups -OCH3 is 1. The van der Waals surface area contributed by atoms with Gasteiger partial charge >= 0.3 is 5.97 Å². The van der Waals surface area contributed by atoms with Gasteiger partial charge in [0.25, 0.3) is 0 Å². The first-order valence-electron chi connectivity index (χ1n) is 5.96. The molecular weight excluding hydrogens is 288 g/mol. The molecule has 0 aromatic carbocycles. The van der Waals surface area contributed by atoms with E-state index in [1.165, 1.54) is 7.11 Å². The van der Waals surface area contributed by atoms with Crippen LogP contribution in [0.3, 0.4) is 0 Å². The van der Waals surface area contributed by atoms with Crippen molar-refractivity contribution in [1.82, 2.24) is 10.2 Å². The summed E-state index contributed by atoms with van der Waals surface area (Å²) in [5.41, 5.74) is 0. The number of hydrogen-bond donors (Lipinski definition) is 1. The van der Waals surface area contributed by atoms with Gasteiger partial charge in [0.1, 0.15) is 4.83 Å². The predicted molar refractivity (Wildman–Crippen MR) is 69.5 cm³/mol. The molecule has 0 spiro atoms. The van der Waals surface area contributed by atoms with Crippen LogP contribution in [0.15, 0.2) is 0 Å². The number of esters is 1. The van der Waals surface area contributed by atoms with Gasteiger partial charge in [-0.2, -0.15) is 0 Å². The minimum atomic E-state index is -0.254. The van der Waals surface area contributed by atoms with Crippen molar-refractivity contribution in [3.63, 3.8) is 0 Å². The second-order valence-corrected chi connectivity index (χ2v) is 5.11. The SMILES string of the molecule is COC(=O)C(Br)CNCCCN1CCOCC1. The highest BCUT2D eigenvalue weighted by molar-refractivity contribution is 9.10. The number of hydrogen-bond acceptors (Lipinski definition) is 5. The van der Waals surface area contributed by atoms with Crippen molar-refractivity contribution < 1.29 is 14.3 Å². The maximum Gasteiger partial charge on any atom is 0.320 e. The lowest BCUT2D eigenvalue weighted by molar-refractivity contribution is -0.139. The van der Waals surface area contributed by atoms with Crippen LogP contribution in [0.2, 0.25) is 0 Å². The molecular formula is C11H21BrN2O3. The molecule has 1 saturated heterocycles. The molecule has 100 valence electrons. The number of nitrogens with one attached hydrogen (secondary N) is 1. The largest absolute Gasteiger partial charge is 0.468 e. The fourth-order valence-corrected chi connectivity index (χ4v) is 2.11. The number of halogens is 1. The molecule has 6 heteroatoms. The summed E-state index contributed by atoms with van der Waals surface area (Å²) < 4.78 is 9.90. The zero-order chi connectivity index (χ0) is 12.5. The summed E-state index contributed by atoms with van der Waals surface area (Å²) in [4.78, 5) is 13.2. The Morgan fingerprint density at radius 3 is 2.88 bits per heavy atom. The molecule has 1 fully saturated rings. The Morgan fingerprint density at radius 1 is 1.53 bits per heavy atom. The van der Waals surface area contributed by atoms with E-state index in [9.17, 15) is 4.79 Å². The van der Waals surface area contributed by atoms with Gasteiger partial charge in [0.05, 0.1) is 20.3 Å². The van der Waals surface area contributed by atoms with Crippen LogP contribution in [0.5, 0.6) is 0 Å². The maximum absolute atomic E-state index is 11.1. The van der Waals surface area contributed by atoms with Crippen molar-refractivity contribution >= 4 is 21.9 Å². The van der Waals surface area contributed by atoms with Crippen LogP contribution in [0, 0.1) is 0 Å². The molecule has 0 radical (unpaired) electrons. The van der Waals surface area contributed by atoms with E-state index in [-0.39, 0.29) is 10.8 Å². The lowest BCUT2D eigenvalue weighted by Crippen LogP contribution is -2.38. The summed E-state index contributed by atoms with van der Waals surface area (Å²) in [6.07, 6.45) is 1.08. The maximum atomic E-state index is 11.1. The summed E-state index contributed by atoms with van der Waals surface area (Å²) in [6, 6.07) is 0. The molecule has 1 heterocycles. The first kappa shape index (κ1) is 14.9. The van der Waals surface area contributed by atoms with Gasteiger partial charge in [-0.25, -0.2) is 0 Å². The third kappa shape index (κ3) is 6.35. The highest BCUT2D eigenvalue weighted by Crippen LogP contribution is 2.00. The molecule has 1 N–H and O–H groups in total. The van der Waals surface area contributed by atoms with Crippen LogP contribution in [0.25, 0.3) is 0 Å². The Labute approximate surface area is 111 Å². The average molecular weight is 309 g/mol. The molecule has 1 rings (SSSR count). The summed E-state index contributed by atoms with van der Waals surface area (Å²) in [6.45, 7) is 6.36. The van der Waals surface area contributed by atoms with Gasteiger partial charge in [-0.3, -0.25) is 9.69 Å². The number of ether oxygens (including phenoxy) is 2. The fraction of sp³-hybridized carbons (Fsp3) is 0.909. The number of morpholine rings is 1. The van der Waals surface area contributed by atoms with Crippen molar-refractivity contribution in [2.24, 2.45) is 0 Å². The molecule has 0 aliphatic carbocycles. The van der Waals surface area contributed by atoms with Gasteiger partial charge in [-0.1, -0.05) is 15.9 Å². The van der Waals surface area contributed by atoms with Crippen LogP contribution in [0.1, 0.15) is 6.42 Å². The van der Waals surface area contributed by atoms with Crippen molar-refractivity contribution in [2.45, 2.75) is 11.2 Å². The number of alkyl halides is 1. The van der Waals surface area contributed by atoms with Crippen LogP contribution in [0.4, 0.5) is 0 Å². The zero-order valence-corrected chi connectivity index (χ0v) is 11.9. The molecule has 0 aromatic heterocycles. The third-order valence-corrected chi connectivity index (χ3v) is 3.41. The molecule has 5 nitrogen and oxygen atoms in total. The molecule has 1 unspecified atom stereocenters. The van der Waals surface area contributed by atoms with Gasteiger partial charge in [-0.15, -0.1) is 0 Å². The second kappa shape index (κ2) is 8.85. The first-order valence-corrected chi connectivity index (χ1v) is 6.88. The van der Waals surface area contributed by atoms with E-state index in [1.54, 1.807) is 0 Å². The average Bonchev–Trinajstić information content (AvgIpc) is 2.38. The predicted octanol–water partition coefficient (Wildman–Crippen LogP) is 0.235. The monoisotopic (exact) mass is 308 g/mol.